The van der Waals surface area contributed by atoms with Gasteiger partial charge in [-0.2, -0.15) is 0 Å². The van der Waals surface area contributed by atoms with E-state index in [1.54, 1.807) is 12.1 Å². The van der Waals surface area contributed by atoms with Crippen molar-refractivity contribution in [2.45, 2.75) is 6.10 Å². The molecule has 0 unspecified atom stereocenters. The van der Waals surface area contributed by atoms with Gasteiger partial charge in [0.05, 0.1) is 18.5 Å². The molecule has 8 heteroatoms. The van der Waals surface area contributed by atoms with E-state index in [1.807, 2.05) is 0 Å². The van der Waals surface area contributed by atoms with Crippen LogP contribution in [0, 0.1) is 0 Å². The maximum absolute atomic E-state index is 11.8. The lowest BCUT2D eigenvalue weighted by Crippen LogP contribution is -2.49. The van der Waals surface area contributed by atoms with Gasteiger partial charge in [-0.15, -0.1) is 0 Å². The van der Waals surface area contributed by atoms with Crippen molar-refractivity contribution in [3.8, 4) is 5.75 Å². The normalized spacial score (nSPS) is 18.5. The van der Waals surface area contributed by atoms with Gasteiger partial charge in [0.25, 0.3) is 5.91 Å². The summed E-state index contributed by atoms with van der Waals surface area (Å²) in [7, 11) is -2.05. The lowest BCUT2D eigenvalue weighted by Gasteiger charge is -2.33. The number of rotatable bonds is 2. The molecule has 19 heavy (non-hydrogen) atoms. The van der Waals surface area contributed by atoms with Crippen molar-refractivity contribution >= 4 is 33.2 Å². The van der Waals surface area contributed by atoms with Gasteiger partial charge in [0.2, 0.25) is 10.0 Å². The topological polar surface area (TPSA) is 75.7 Å². The Hall–Kier alpha value is -1.47. The quantitative estimate of drug-likeness (QED) is 0.869. The second kappa shape index (κ2) is 4.90. The number of nitrogens with zero attached hydrogens (tertiary/aromatic N) is 1. The zero-order valence-electron chi connectivity index (χ0n) is 10.4. The van der Waals surface area contributed by atoms with Crippen molar-refractivity contribution < 1.29 is 17.9 Å². The van der Waals surface area contributed by atoms with Crippen LogP contribution in [0.2, 0.25) is 5.02 Å². The number of likely N-dealkylation sites (N-methyl/N-ethyl adjacent to an activating group) is 1. The molecule has 0 saturated carbocycles. The van der Waals surface area contributed by atoms with Gasteiger partial charge in [0.1, 0.15) is 5.75 Å². The van der Waals surface area contributed by atoms with Crippen molar-refractivity contribution in [1.82, 2.24) is 5.32 Å². The molecule has 2 rings (SSSR count). The molecule has 0 radical (unpaired) electrons. The van der Waals surface area contributed by atoms with E-state index in [4.69, 9.17) is 16.3 Å². The van der Waals surface area contributed by atoms with Crippen LogP contribution >= 0.6 is 11.6 Å². The van der Waals surface area contributed by atoms with Gasteiger partial charge in [0, 0.05) is 12.1 Å². The number of hydrogen-bond donors (Lipinski definition) is 1. The van der Waals surface area contributed by atoms with Crippen LogP contribution in [-0.4, -0.2) is 40.3 Å². The fourth-order valence-electron chi connectivity index (χ4n) is 1.84. The van der Waals surface area contributed by atoms with Crippen molar-refractivity contribution in [2.24, 2.45) is 0 Å². The van der Waals surface area contributed by atoms with E-state index in [1.165, 1.54) is 13.1 Å². The summed E-state index contributed by atoms with van der Waals surface area (Å²) in [5.41, 5.74) is 0.343. The van der Waals surface area contributed by atoms with E-state index in [2.05, 4.69) is 5.32 Å². The molecule has 0 saturated heterocycles. The number of fused-ring (bicyclic) bond motifs is 1. The molecule has 1 aromatic rings. The van der Waals surface area contributed by atoms with E-state index in [0.717, 1.165) is 10.6 Å². The van der Waals surface area contributed by atoms with Crippen molar-refractivity contribution in [3.63, 3.8) is 0 Å². The minimum atomic E-state index is -3.52. The number of nitrogens with one attached hydrogen (secondary N) is 1. The Balaban J connectivity index is 2.49. The van der Waals surface area contributed by atoms with Gasteiger partial charge in [-0.25, -0.2) is 8.42 Å². The zero-order chi connectivity index (χ0) is 14.2. The van der Waals surface area contributed by atoms with E-state index in [0.29, 0.717) is 16.5 Å². The Kier molecular flexibility index (Phi) is 3.60. The monoisotopic (exact) mass is 304 g/mol. The number of hydrogen-bond acceptors (Lipinski definition) is 4. The minimum absolute atomic E-state index is 0.0775. The molecular formula is C11H13ClN2O4S. The lowest BCUT2D eigenvalue weighted by atomic mass is 10.2. The van der Waals surface area contributed by atoms with E-state index >= 15 is 0 Å². The predicted molar refractivity (Wildman–Crippen MR) is 72.1 cm³/mol. The van der Waals surface area contributed by atoms with Crippen molar-refractivity contribution in [1.29, 1.82) is 0 Å². The Morgan fingerprint density at radius 3 is 2.79 bits per heavy atom. The largest absolute Gasteiger partial charge is 0.476 e. The van der Waals surface area contributed by atoms with Gasteiger partial charge >= 0.3 is 0 Å². The first-order valence-electron chi connectivity index (χ1n) is 5.48. The van der Waals surface area contributed by atoms with Gasteiger partial charge in [-0.3, -0.25) is 9.10 Å². The number of carbonyl (C=O) groups excluding carboxylic acids is 1. The molecule has 0 aliphatic carbocycles. The number of benzene rings is 1. The Bertz CT molecular complexity index is 617. The van der Waals surface area contributed by atoms with Crippen LogP contribution in [0.1, 0.15) is 0 Å². The summed E-state index contributed by atoms with van der Waals surface area (Å²) in [5.74, 6) is -0.0658. The van der Waals surface area contributed by atoms with Crippen molar-refractivity contribution in [2.75, 3.05) is 24.2 Å². The van der Waals surface area contributed by atoms with Crippen LogP contribution in [0.3, 0.4) is 0 Å². The first-order chi connectivity index (χ1) is 8.82. The van der Waals surface area contributed by atoms with Crippen LogP contribution in [0.4, 0.5) is 5.69 Å². The highest BCUT2D eigenvalue weighted by Crippen LogP contribution is 2.36. The van der Waals surface area contributed by atoms with Crippen LogP contribution in [-0.2, 0) is 14.8 Å². The SMILES string of the molecule is CNC(=O)[C@@H]1CN(S(C)(=O)=O)c2cc(Cl)ccc2O1. The number of carbonyl (C=O) groups is 1. The summed E-state index contributed by atoms with van der Waals surface area (Å²) in [6.45, 7) is -0.0775. The smallest absolute Gasteiger partial charge is 0.262 e. The molecular weight excluding hydrogens is 292 g/mol. The number of amides is 1. The Morgan fingerprint density at radius 2 is 2.21 bits per heavy atom. The number of sulfonamides is 1. The lowest BCUT2D eigenvalue weighted by molar-refractivity contribution is -0.127. The average molecular weight is 305 g/mol. The summed E-state index contributed by atoms with van der Waals surface area (Å²) in [4.78, 5) is 11.6. The number of ether oxygens (including phenoxy) is 1. The Morgan fingerprint density at radius 1 is 1.53 bits per heavy atom. The van der Waals surface area contributed by atoms with Crippen molar-refractivity contribution in [3.05, 3.63) is 23.2 Å². The van der Waals surface area contributed by atoms with E-state index < -0.39 is 16.1 Å². The average Bonchev–Trinajstić information content (AvgIpc) is 2.35. The number of anilines is 1. The molecule has 1 heterocycles. The highest BCUT2D eigenvalue weighted by Gasteiger charge is 2.34. The van der Waals surface area contributed by atoms with Gasteiger partial charge in [-0.1, -0.05) is 11.6 Å². The molecule has 1 N–H and O–H groups in total. The summed E-state index contributed by atoms with van der Waals surface area (Å²) in [5, 5.41) is 2.83. The van der Waals surface area contributed by atoms with Crippen LogP contribution in [0.5, 0.6) is 5.75 Å². The summed E-state index contributed by atoms with van der Waals surface area (Å²) < 4.78 is 30.2. The molecule has 104 valence electrons. The van der Waals surface area contributed by atoms with E-state index in [9.17, 15) is 13.2 Å². The second-order valence-electron chi connectivity index (χ2n) is 4.13. The molecule has 1 amide bonds. The van der Waals surface area contributed by atoms with Crippen LogP contribution in [0.25, 0.3) is 0 Å². The minimum Gasteiger partial charge on any atom is -0.476 e. The van der Waals surface area contributed by atoms with Gasteiger partial charge in [-0.05, 0) is 18.2 Å². The second-order valence-corrected chi connectivity index (χ2v) is 6.47. The Labute approximate surface area is 116 Å². The predicted octanol–water partition coefficient (Wildman–Crippen LogP) is 0.613. The zero-order valence-corrected chi connectivity index (χ0v) is 12.0. The molecule has 0 fully saturated rings. The summed E-state index contributed by atoms with van der Waals surface area (Å²) >= 11 is 5.86. The van der Waals surface area contributed by atoms with Crippen LogP contribution in [0.15, 0.2) is 18.2 Å². The molecule has 6 nitrogen and oxygen atoms in total. The molecule has 0 bridgehead atoms. The third-order valence-corrected chi connectivity index (χ3v) is 4.11. The molecule has 1 atom stereocenters. The highest BCUT2D eigenvalue weighted by atomic mass is 35.5. The molecule has 0 aromatic heterocycles. The van der Waals surface area contributed by atoms with E-state index in [-0.39, 0.29) is 12.5 Å². The standard InChI is InChI=1S/C11H13ClN2O4S/c1-13-11(15)10-6-14(19(2,16)17)8-5-7(12)3-4-9(8)18-10/h3-5,10H,6H2,1-2H3,(H,13,15)/t10-/m0/s1. The first-order valence-corrected chi connectivity index (χ1v) is 7.71. The first kappa shape index (κ1) is 14.0. The fourth-order valence-corrected chi connectivity index (χ4v) is 2.91. The maximum Gasteiger partial charge on any atom is 0.262 e. The summed E-state index contributed by atoms with van der Waals surface area (Å²) in [6.07, 6.45) is 0.192. The molecule has 0 spiro atoms. The third-order valence-electron chi connectivity index (χ3n) is 2.73. The fraction of sp³-hybridized carbons (Fsp3) is 0.364. The molecule has 1 aromatic carbocycles. The number of halogens is 1. The van der Waals surface area contributed by atoms with Crippen LogP contribution < -0.4 is 14.4 Å². The molecule has 1 aliphatic rings. The van der Waals surface area contributed by atoms with Gasteiger partial charge < -0.3 is 10.1 Å². The van der Waals surface area contributed by atoms with Gasteiger partial charge in [0.15, 0.2) is 6.10 Å². The maximum atomic E-state index is 11.8. The highest BCUT2D eigenvalue weighted by molar-refractivity contribution is 7.92. The summed E-state index contributed by atoms with van der Waals surface area (Å²) in [6, 6.07) is 4.62. The third kappa shape index (κ3) is 2.76. The molecule has 1 aliphatic heterocycles.